The van der Waals surface area contributed by atoms with Crippen molar-refractivity contribution in [2.24, 2.45) is 5.92 Å². The quantitative estimate of drug-likeness (QED) is 0.801. The van der Waals surface area contributed by atoms with E-state index in [0.717, 1.165) is 31.4 Å². The van der Waals surface area contributed by atoms with E-state index in [1.165, 1.54) is 0 Å². The van der Waals surface area contributed by atoms with Crippen molar-refractivity contribution < 1.29 is 9.59 Å². The first kappa shape index (κ1) is 20.2. The van der Waals surface area contributed by atoms with Crippen LogP contribution < -0.4 is 10.6 Å². The monoisotopic (exact) mass is 391 g/mol. The van der Waals surface area contributed by atoms with Gasteiger partial charge in [0.15, 0.2) is 0 Å². The summed E-state index contributed by atoms with van der Waals surface area (Å²) >= 11 is 5.97. The predicted octanol–water partition coefficient (Wildman–Crippen LogP) is 3.83. The molecular formula is C21H30ClN3O2. The zero-order chi connectivity index (χ0) is 19.6. The van der Waals surface area contributed by atoms with Gasteiger partial charge in [-0.25, -0.2) is 0 Å². The van der Waals surface area contributed by atoms with Crippen molar-refractivity contribution in [3.8, 4) is 0 Å². The molecule has 0 spiro atoms. The number of benzene rings is 1. The Labute approximate surface area is 166 Å². The normalized spacial score (nSPS) is 25.3. The Kier molecular flexibility index (Phi) is 6.11. The lowest BCUT2D eigenvalue weighted by Gasteiger charge is -2.38. The number of nitrogens with zero attached hydrogens (tertiary/aromatic N) is 1. The Balaban J connectivity index is 1.51. The lowest BCUT2D eigenvalue weighted by atomic mass is 9.88. The number of fused-ring (bicyclic) bond motifs is 2. The number of amides is 2. The molecule has 3 rings (SSSR count). The third-order valence-corrected chi connectivity index (χ3v) is 5.64. The summed E-state index contributed by atoms with van der Waals surface area (Å²) in [6, 6.07) is 8.07. The molecule has 1 unspecified atom stereocenters. The average molecular weight is 392 g/mol. The zero-order valence-electron chi connectivity index (χ0n) is 16.4. The molecule has 0 aromatic heterocycles. The minimum absolute atomic E-state index is 0.0422. The molecule has 0 radical (unpaired) electrons. The van der Waals surface area contributed by atoms with E-state index >= 15 is 0 Å². The zero-order valence-corrected chi connectivity index (χ0v) is 17.2. The van der Waals surface area contributed by atoms with E-state index in [-0.39, 0.29) is 17.4 Å². The first-order valence-corrected chi connectivity index (χ1v) is 10.2. The fourth-order valence-corrected chi connectivity index (χ4v) is 4.67. The van der Waals surface area contributed by atoms with Gasteiger partial charge in [0.2, 0.25) is 11.8 Å². The number of piperidine rings is 1. The van der Waals surface area contributed by atoms with Gasteiger partial charge in [-0.05, 0) is 70.6 Å². The summed E-state index contributed by atoms with van der Waals surface area (Å²) in [5.41, 5.74) is 0.541. The van der Waals surface area contributed by atoms with E-state index in [4.69, 9.17) is 11.6 Å². The molecule has 148 valence electrons. The number of rotatable bonds is 5. The Bertz CT molecular complexity index is 687. The molecule has 2 aliphatic heterocycles. The van der Waals surface area contributed by atoms with Crippen molar-refractivity contribution in [1.82, 2.24) is 10.2 Å². The average Bonchev–Trinajstić information content (AvgIpc) is 2.75. The van der Waals surface area contributed by atoms with Crippen LogP contribution in [0.4, 0.5) is 5.69 Å². The van der Waals surface area contributed by atoms with Gasteiger partial charge < -0.3 is 10.6 Å². The number of carbonyl (C=O) groups is 2. The van der Waals surface area contributed by atoms with Gasteiger partial charge in [-0.15, -0.1) is 0 Å². The second-order valence-electron chi connectivity index (χ2n) is 8.96. The topological polar surface area (TPSA) is 61.4 Å². The Hall–Kier alpha value is -1.59. The fraction of sp³-hybridized carbons (Fsp3) is 0.619. The smallest absolute Gasteiger partial charge is 0.234 e. The van der Waals surface area contributed by atoms with Crippen molar-refractivity contribution in [2.45, 2.75) is 70.5 Å². The van der Waals surface area contributed by atoms with Crippen LogP contribution in [0.15, 0.2) is 24.3 Å². The molecule has 6 heteroatoms. The SMILES string of the molecule is CC(C)(C)NC(=O)CN1[C@@H]2CC[C@H]1CC(CC(=O)Nc1cccc(Cl)c1)C2. The lowest BCUT2D eigenvalue weighted by Crippen LogP contribution is -2.51. The van der Waals surface area contributed by atoms with Gasteiger partial charge in [-0.3, -0.25) is 14.5 Å². The maximum atomic E-state index is 12.4. The Morgan fingerprint density at radius 2 is 1.81 bits per heavy atom. The van der Waals surface area contributed by atoms with E-state index in [9.17, 15) is 9.59 Å². The van der Waals surface area contributed by atoms with Crippen LogP contribution in [0, 0.1) is 5.92 Å². The molecule has 3 atom stereocenters. The summed E-state index contributed by atoms with van der Waals surface area (Å²) < 4.78 is 0. The van der Waals surface area contributed by atoms with Gasteiger partial charge in [0, 0.05) is 34.8 Å². The summed E-state index contributed by atoms with van der Waals surface area (Å²) in [4.78, 5) is 27.1. The third-order valence-electron chi connectivity index (χ3n) is 5.41. The largest absolute Gasteiger partial charge is 0.350 e. The molecule has 0 saturated carbocycles. The highest BCUT2D eigenvalue weighted by Crippen LogP contribution is 2.39. The number of halogens is 1. The Morgan fingerprint density at radius 1 is 1.15 bits per heavy atom. The highest BCUT2D eigenvalue weighted by molar-refractivity contribution is 6.30. The molecule has 2 heterocycles. The van der Waals surface area contributed by atoms with Crippen LogP contribution in [-0.4, -0.2) is 40.9 Å². The fourth-order valence-electron chi connectivity index (χ4n) is 4.48. The van der Waals surface area contributed by atoms with Gasteiger partial charge >= 0.3 is 0 Å². The summed E-state index contributed by atoms with van der Waals surface area (Å²) in [6.45, 7) is 6.48. The molecule has 2 N–H and O–H groups in total. The van der Waals surface area contributed by atoms with E-state index in [1.807, 2.05) is 32.9 Å². The number of anilines is 1. The number of carbonyl (C=O) groups excluding carboxylic acids is 2. The molecule has 2 amide bonds. The first-order chi connectivity index (χ1) is 12.7. The summed E-state index contributed by atoms with van der Waals surface area (Å²) in [5.74, 6) is 0.515. The minimum Gasteiger partial charge on any atom is -0.350 e. The van der Waals surface area contributed by atoms with Crippen LogP contribution >= 0.6 is 11.6 Å². The van der Waals surface area contributed by atoms with E-state index < -0.39 is 0 Å². The van der Waals surface area contributed by atoms with Crippen LogP contribution in [0.2, 0.25) is 5.02 Å². The van der Waals surface area contributed by atoms with Crippen molar-refractivity contribution in [2.75, 3.05) is 11.9 Å². The van der Waals surface area contributed by atoms with E-state index in [2.05, 4.69) is 15.5 Å². The maximum absolute atomic E-state index is 12.4. The minimum atomic E-state index is -0.202. The molecular weight excluding hydrogens is 362 g/mol. The standard InChI is InChI=1S/C21H30ClN3O2/c1-21(2,3)24-20(27)13-25-17-7-8-18(25)10-14(9-17)11-19(26)23-16-6-4-5-15(22)12-16/h4-6,12,14,17-18H,7-11,13H2,1-3H3,(H,23,26)(H,24,27)/t14?,17-,18+. The summed E-state index contributed by atoms with van der Waals surface area (Å²) in [5, 5.41) is 6.62. The summed E-state index contributed by atoms with van der Waals surface area (Å²) in [6.07, 6.45) is 4.76. The Morgan fingerprint density at radius 3 is 2.41 bits per heavy atom. The van der Waals surface area contributed by atoms with Crippen LogP contribution in [0.3, 0.4) is 0 Å². The predicted molar refractivity (Wildman–Crippen MR) is 109 cm³/mol. The van der Waals surface area contributed by atoms with Gasteiger partial charge in [0.25, 0.3) is 0 Å². The highest BCUT2D eigenvalue weighted by atomic mass is 35.5. The van der Waals surface area contributed by atoms with Crippen LogP contribution in [-0.2, 0) is 9.59 Å². The molecule has 1 aromatic rings. The molecule has 1 aromatic carbocycles. The number of nitrogens with one attached hydrogen (secondary N) is 2. The van der Waals surface area contributed by atoms with Gasteiger partial charge in [-0.2, -0.15) is 0 Å². The van der Waals surface area contributed by atoms with Crippen molar-refractivity contribution >= 4 is 29.1 Å². The highest BCUT2D eigenvalue weighted by Gasteiger charge is 2.41. The van der Waals surface area contributed by atoms with E-state index in [1.54, 1.807) is 12.1 Å². The first-order valence-electron chi connectivity index (χ1n) is 9.82. The second kappa shape index (κ2) is 8.19. The van der Waals surface area contributed by atoms with E-state index in [0.29, 0.717) is 36.0 Å². The van der Waals surface area contributed by atoms with Gasteiger partial charge in [-0.1, -0.05) is 17.7 Å². The van der Waals surface area contributed by atoms with Crippen LogP contribution in [0.1, 0.15) is 52.9 Å². The maximum Gasteiger partial charge on any atom is 0.234 e. The van der Waals surface area contributed by atoms with Crippen molar-refractivity contribution in [1.29, 1.82) is 0 Å². The molecule has 27 heavy (non-hydrogen) atoms. The second-order valence-corrected chi connectivity index (χ2v) is 9.39. The number of hydrogen-bond acceptors (Lipinski definition) is 3. The molecule has 2 fully saturated rings. The van der Waals surface area contributed by atoms with Gasteiger partial charge in [0.05, 0.1) is 6.54 Å². The summed E-state index contributed by atoms with van der Waals surface area (Å²) in [7, 11) is 0. The van der Waals surface area contributed by atoms with Gasteiger partial charge in [0.1, 0.15) is 0 Å². The molecule has 2 aliphatic rings. The molecule has 2 bridgehead atoms. The van der Waals surface area contributed by atoms with Crippen LogP contribution in [0.25, 0.3) is 0 Å². The van der Waals surface area contributed by atoms with Crippen molar-refractivity contribution in [3.63, 3.8) is 0 Å². The van der Waals surface area contributed by atoms with Crippen LogP contribution in [0.5, 0.6) is 0 Å². The molecule has 5 nitrogen and oxygen atoms in total. The lowest BCUT2D eigenvalue weighted by molar-refractivity contribution is -0.125. The molecule has 2 saturated heterocycles. The number of hydrogen-bond donors (Lipinski definition) is 2. The third kappa shape index (κ3) is 5.69. The van der Waals surface area contributed by atoms with Crippen molar-refractivity contribution in [3.05, 3.63) is 29.3 Å². The molecule has 0 aliphatic carbocycles.